The molecule has 2 aromatic heterocycles. The van der Waals surface area contributed by atoms with E-state index in [-0.39, 0.29) is 5.56 Å². The van der Waals surface area contributed by atoms with Crippen LogP contribution in [0.1, 0.15) is 12.2 Å². The van der Waals surface area contributed by atoms with Crippen LogP contribution in [0.3, 0.4) is 0 Å². The van der Waals surface area contributed by atoms with Gasteiger partial charge in [0.2, 0.25) is 0 Å². The maximum Gasteiger partial charge on any atom is 0.276 e. The third-order valence-electron chi connectivity index (χ3n) is 3.10. The highest BCUT2D eigenvalue weighted by Crippen LogP contribution is 2.18. The molecule has 0 spiro atoms. The first kappa shape index (κ1) is 13.3. The van der Waals surface area contributed by atoms with Crippen LogP contribution >= 0.6 is 22.9 Å². The molecule has 1 aromatic carbocycles. The summed E-state index contributed by atoms with van der Waals surface area (Å²) in [6.45, 7) is 0. The number of rotatable bonds is 4. The van der Waals surface area contributed by atoms with Crippen molar-refractivity contribution in [3.8, 4) is 5.69 Å². The van der Waals surface area contributed by atoms with Crippen LogP contribution in [0, 0.1) is 0 Å². The fraction of sp³-hybridized carbons (Fsp3) is 0.200. The summed E-state index contributed by atoms with van der Waals surface area (Å²) in [5, 5.41) is 1.90. The molecule has 0 radical (unpaired) electrons. The van der Waals surface area contributed by atoms with E-state index in [0.29, 0.717) is 17.0 Å². The van der Waals surface area contributed by atoms with Gasteiger partial charge in [0.1, 0.15) is 10.5 Å². The van der Waals surface area contributed by atoms with Gasteiger partial charge in [-0.05, 0) is 30.0 Å². The zero-order valence-electron chi connectivity index (χ0n) is 10.8. The molecule has 0 bridgehead atoms. The van der Waals surface area contributed by atoms with Gasteiger partial charge in [-0.25, -0.2) is 4.98 Å². The molecule has 20 heavy (non-hydrogen) atoms. The predicted octanol–water partition coefficient (Wildman–Crippen LogP) is 3.62. The second kappa shape index (κ2) is 5.77. The molecule has 3 nitrogen and oxygen atoms in total. The number of para-hydroxylation sites is 1. The Hall–Kier alpha value is -1.65. The van der Waals surface area contributed by atoms with Gasteiger partial charge in [0.05, 0.1) is 11.2 Å². The molecule has 0 amide bonds. The van der Waals surface area contributed by atoms with Crippen LogP contribution in [0.4, 0.5) is 0 Å². The van der Waals surface area contributed by atoms with Crippen molar-refractivity contribution in [3.63, 3.8) is 0 Å². The molecule has 3 rings (SSSR count). The average molecular weight is 305 g/mol. The second-order valence-corrected chi connectivity index (χ2v) is 5.73. The molecule has 102 valence electrons. The van der Waals surface area contributed by atoms with Crippen molar-refractivity contribution in [3.05, 3.63) is 58.0 Å². The number of aromatic nitrogens is 2. The molecule has 0 saturated carbocycles. The van der Waals surface area contributed by atoms with Crippen molar-refractivity contribution in [1.29, 1.82) is 0 Å². The van der Waals surface area contributed by atoms with E-state index in [0.717, 1.165) is 23.4 Å². The van der Waals surface area contributed by atoms with Gasteiger partial charge in [0.25, 0.3) is 5.56 Å². The van der Waals surface area contributed by atoms with E-state index < -0.39 is 0 Å². The van der Waals surface area contributed by atoms with Crippen molar-refractivity contribution in [2.75, 3.05) is 5.88 Å². The smallest absolute Gasteiger partial charge is 0.267 e. The van der Waals surface area contributed by atoms with Crippen molar-refractivity contribution < 1.29 is 0 Å². The Morgan fingerprint density at radius 1 is 1.20 bits per heavy atom. The number of aryl methyl sites for hydroxylation is 1. The topological polar surface area (TPSA) is 34.9 Å². The molecule has 0 fully saturated rings. The van der Waals surface area contributed by atoms with Crippen LogP contribution in [0.2, 0.25) is 0 Å². The molecular formula is C15H13ClN2OS. The number of hydrogen-bond acceptors (Lipinski definition) is 3. The first-order chi connectivity index (χ1) is 9.81. The van der Waals surface area contributed by atoms with Crippen LogP contribution in [-0.2, 0) is 6.42 Å². The highest BCUT2D eigenvalue weighted by atomic mass is 35.5. The fourth-order valence-corrected chi connectivity index (χ4v) is 3.09. The van der Waals surface area contributed by atoms with Crippen molar-refractivity contribution in [2.45, 2.75) is 12.8 Å². The van der Waals surface area contributed by atoms with Crippen LogP contribution in [0.5, 0.6) is 0 Å². The molecule has 0 saturated heterocycles. The van der Waals surface area contributed by atoms with E-state index in [4.69, 9.17) is 11.6 Å². The first-order valence-electron chi connectivity index (χ1n) is 6.42. The lowest BCUT2D eigenvalue weighted by molar-refractivity contribution is 0.778. The first-order valence-corrected chi connectivity index (χ1v) is 7.83. The number of hydrogen-bond donors (Lipinski definition) is 0. The molecule has 0 unspecified atom stereocenters. The fourth-order valence-electron chi connectivity index (χ4n) is 2.19. The van der Waals surface area contributed by atoms with Gasteiger partial charge >= 0.3 is 0 Å². The van der Waals surface area contributed by atoms with Gasteiger partial charge in [-0.15, -0.1) is 22.9 Å². The number of fused-ring (bicyclic) bond motifs is 1. The number of benzene rings is 1. The van der Waals surface area contributed by atoms with E-state index in [2.05, 4.69) is 4.98 Å². The summed E-state index contributed by atoms with van der Waals surface area (Å²) in [4.78, 5) is 17.3. The summed E-state index contributed by atoms with van der Waals surface area (Å²) >= 11 is 7.21. The standard InChI is InChI=1S/C15H13ClN2OS/c16-9-4-7-13-17-12-8-10-20-14(12)15(19)18(13)11-5-2-1-3-6-11/h1-3,5-6,8,10H,4,7,9H2. The Morgan fingerprint density at radius 2 is 2.00 bits per heavy atom. The number of thiophene rings is 1. The van der Waals surface area contributed by atoms with Gasteiger partial charge in [0, 0.05) is 12.3 Å². The lowest BCUT2D eigenvalue weighted by atomic mass is 10.2. The minimum absolute atomic E-state index is 0.000715. The normalized spacial score (nSPS) is 11.1. The zero-order chi connectivity index (χ0) is 13.9. The van der Waals surface area contributed by atoms with Crippen molar-refractivity contribution in [1.82, 2.24) is 9.55 Å². The number of alkyl halides is 1. The summed E-state index contributed by atoms with van der Waals surface area (Å²) in [5.74, 6) is 1.33. The van der Waals surface area contributed by atoms with Crippen molar-refractivity contribution >= 4 is 33.2 Å². The summed E-state index contributed by atoms with van der Waals surface area (Å²) in [6.07, 6.45) is 1.50. The summed E-state index contributed by atoms with van der Waals surface area (Å²) < 4.78 is 2.40. The third kappa shape index (κ3) is 2.37. The monoisotopic (exact) mass is 304 g/mol. The molecule has 3 aromatic rings. The molecule has 0 aliphatic rings. The third-order valence-corrected chi connectivity index (χ3v) is 4.26. The van der Waals surface area contributed by atoms with Gasteiger partial charge in [0.15, 0.2) is 0 Å². The minimum atomic E-state index is 0.000715. The highest BCUT2D eigenvalue weighted by Gasteiger charge is 2.13. The van der Waals surface area contributed by atoms with Crippen molar-refractivity contribution in [2.24, 2.45) is 0 Å². The Bertz CT molecular complexity index is 779. The lowest BCUT2D eigenvalue weighted by Gasteiger charge is -2.11. The summed E-state index contributed by atoms with van der Waals surface area (Å²) in [7, 11) is 0. The van der Waals surface area contributed by atoms with E-state index >= 15 is 0 Å². The highest BCUT2D eigenvalue weighted by molar-refractivity contribution is 7.17. The Balaban J connectivity index is 2.26. The second-order valence-electron chi connectivity index (χ2n) is 4.43. The average Bonchev–Trinajstić information content (AvgIpc) is 2.95. The van der Waals surface area contributed by atoms with Gasteiger partial charge < -0.3 is 0 Å². The quantitative estimate of drug-likeness (QED) is 0.690. The molecule has 0 atom stereocenters. The Kier molecular flexibility index (Phi) is 3.85. The summed E-state index contributed by atoms with van der Waals surface area (Å²) in [5.41, 5.74) is 1.63. The SMILES string of the molecule is O=c1c2sccc2nc(CCCCl)n1-c1ccccc1. The molecule has 0 aliphatic carbocycles. The number of halogens is 1. The summed E-state index contributed by atoms with van der Waals surface area (Å²) in [6, 6.07) is 11.5. The lowest BCUT2D eigenvalue weighted by Crippen LogP contribution is -2.23. The van der Waals surface area contributed by atoms with E-state index in [9.17, 15) is 4.79 Å². The van der Waals surface area contributed by atoms with Crippen LogP contribution < -0.4 is 5.56 Å². The maximum atomic E-state index is 12.7. The Labute approximate surface area is 125 Å². The van der Waals surface area contributed by atoms with Gasteiger partial charge in [-0.2, -0.15) is 0 Å². The maximum absolute atomic E-state index is 12.7. The number of nitrogens with zero attached hydrogens (tertiary/aromatic N) is 2. The molecule has 0 N–H and O–H groups in total. The minimum Gasteiger partial charge on any atom is -0.267 e. The van der Waals surface area contributed by atoms with E-state index in [1.807, 2.05) is 41.8 Å². The van der Waals surface area contributed by atoms with Gasteiger partial charge in [-0.1, -0.05) is 18.2 Å². The Morgan fingerprint density at radius 3 is 2.75 bits per heavy atom. The van der Waals surface area contributed by atoms with Gasteiger partial charge in [-0.3, -0.25) is 9.36 Å². The van der Waals surface area contributed by atoms with Crippen LogP contribution in [0.25, 0.3) is 15.9 Å². The van der Waals surface area contributed by atoms with E-state index in [1.165, 1.54) is 11.3 Å². The molecule has 2 heterocycles. The molecular weight excluding hydrogens is 292 g/mol. The zero-order valence-corrected chi connectivity index (χ0v) is 12.3. The molecule has 5 heteroatoms. The van der Waals surface area contributed by atoms with Crippen LogP contribution in [0.15, 0.2) is 46.6 Å². The van der Waals surface area contributed by atoms with Crippen LogP contribution in [-0.4, -0.2) is 15.4 Å². The predicted molar refractivity (Wildman–Crippen MR) is 84.3 cm³/mol. The largest absolute Gasteiger partial charge is 0.276 e. The molecule has 0 aliphatic heterocycles. The van der Waals surface area contributed by atoms with E-state index in [1.54, 1.807) is 4.57 Å².